The highest BCUT2D eigenvalue weighted by Crippen LogP contribution is 2.36. The number of likely N-dealkylation sites (N-methyl/N-ethyl adjacent to an activating group) is 1. The number of ether oxygens (including phenoxy) is 1. The molecule has 2 fully saturated rings. The second-order valence-electron chi connectivity index (χ2n) is 8.46. The Hall–Kier alpha value is -2.24. The van der Waals surface area contributed by atoms with Gasteiger partial charge in [-0.2, -0.15) is 0 Å². The third-order valence-corrected chi connectivity index (χ3v) is 5.26. The van der Waals surface area contributed by atoms with E-state index in [9.17, 15) is 22.8 Å². The van der Waals surface area contributed by atoms with E-state index in [-0.39, 0.29) is 24.0 Å². The molecule has 2 aliphatic heterocycles. The van der Waals surface area contributed by atoms with Gasteiger partial charge in [0.15, 0.2) is 0 Å². The van der Waals surface area contributed by atoms with Gasteiger partial charge in [-0.1, -0.05) is 6.07 Å². The molecule has 0 N–H and O–H groups in total. The van der Waals surface area contributed by atoms with Crippen molar-refractivity contribution < 1.29 is 46.1 Å². The second-order valence-corrected chi connectivity index (χ2v) is 8.46. The van der Waals surface area contributed by atoms with Crippen molar-refractivity contribution in [2.24, 2.45) is 0 Å². The van der Waals surface area contributed by atoms with E-state index in [0.717, 1.165) is 12.1 Å². The molecule has 3 rings (SSSR count). The van der Waals surface area contributed by atoms with Crippen LogP contribution in [0.3, 0.4) is 0 Å². The predicted molar refractivity (Wildman–Crippen MR) is 104 cm³/mol. The second kappa shape index (κ2) is 8.03. The highest BCUT2D eigenvalue weighted by molar-refractivity contribution is 6.67. The zero-order valence-electron chi connectivity index (χ0n) is 17.7. The molecule has 1 aromatic carbocycles. The summed E-state index contributed by atoms with van der Waals surface area (Å²) in [5.74, 6) is -2.01. The first kappa shape index (κ1) is 23.4. The Morgan fingerprint density at radius 3 is 1.81 bits per heavy atom. The van der Waals surface area contributed by atoms with Gasteiger partial charge in [0.25, 0.3) is 0 Å². The van der Waals surface area contributed by atoms with E-state index < -0.39 is 49.5 Å². The first-order valence-corrected chi connectivity index (χ1v) is 9.49. The Morgan fingerprint density at radius 2 is 1.35 bits per heavy atom. The lowest BCUT2D eigenvalue weighted by Gasteiger charge is -2.32. The van der Waals surface area contributed by atoms with Crippen LogP contribution in [0.1, 0.15) is 27.7 Å². The van der Waals surface area contributed by atoms with Gasteiger partial charge in [0.2, 0.25) is 0 Å². The molecule has 0 radical (unpaired) electrons. The third kappa shape index (κ3) is 5.52. The summed E-state index contributed by atoms with van der Waals surface area (Å²) in [4.78, 5) is 25.5. The minimum Gasteiger partial charge on any atom is -0.494 e. The highest BCUT2D eigenvalue weighted by atomic mass is 19.4. The Morgan fingerprint density at radius 1 is 0.903 bits per heavy atom. The van der Waals surface area contributed by atoms with Crippen LogP contribution in [0.2, 0.25) is 0 Å². The number of alkyl halides is 3. The molecule has 0 atom stereocenters. The van der Waals surface area contributed by atoms with Crippen LogP contribution in [0, 0.1) is 0 Å². The standard InChI is InChI=1S/C18H22B2F3NO7/c1-16(2)17(3,4)31-20(30-16)12-6-11(7-13(8-12)27-18(21,22)23)19-28-14(25)9-24(5)10-15(26)29-19/h6-8H,9-10H2,1-5H3. The summed E-state index contributed by atoms with van der Waals surface area (Å²) in [5, 5.41) is 0. The fraction of sp³-hybridized carbons (Fsp3) is 0.556. The maximum atomic E-state index is 12.9. The third-order valence-electron chi connectivity index (χ3n) is 5.26. The summed E-state index contributed by atoms with van der Waals surface area (Å²) < 4.78 is 64.9. The fourth-order valence-corrected chi connectivity index (χ4v) is 3.06. The van der Waals surface area contributed by atoms with Gasteiger partial charge in [-0.15, -0.1) is 13.2 Å². The van der Waals surface area contributed by atoms with E-state index in [2.05, 4.69) is 4.74 Å². The molecular weight excluding hydrogens is 421 g/mol. The molecule has 0 unspecified atom stereocenters. The normalized spacial score (nSPS) is 21.9. The van der Waals surface area contributed by atoms with Crippen LogP contribution in [0.4, 0.5) is 13.2 Å². The quantitative estimate of drug-likeness (QED) is 0.630. The zero-order chi connectivity index (χ0) is 23.2. The predicted octanol–water partition coefficient (Wildman–Crippen LogP) is 0.611. The Balaban J connectivity index is 1.99. The average Bonchev–Trinajstić information content (AvgIpc) is 2.78. The van der Waals surface area contributed by atoms with Gasteiger partial charge in [0.05, 0.1) is 24.3 Å². The summed E-state index contributed by atoms with van der Waals surface area (Å²) in [6, 6.07) is 3.49. The topological polar surface area (TPSA) is 83.5 Å². The maximum Gasteiger partial charge on any atom is 0.636 e. The number of carbonyl (C=O) groups is 2. The van der Waals surface area contributed by atoms with Crippen LogP contribution in [0.25, 0.3) is 0 Å². The van der Waals surface area contributed by atoms with Gasteiger partial charge in [-0.05, 0) is 52.3 Å². The molecule has 13 heteroatoms. The summed E-state index contributed by atoms with van der Waals surface area (Å²) >= 11 is 0. The van der Waals surface area contributed by atoms with Crippen LogP contribution in [0.15, 0.2) is 18.2 Å². The summed E-state index contributed by atoms with van der Waals surface area (Å²) in [6.45, 7) is 6.79. The fourth-order valence-electron chi connectivity index (χ4n) is 3.06. The van der Waals surface area contributed by atoms with Crippen molar-refractivity contribution in [3.63, 3.8) is 0 Å². The lowest BCUT2D eigenvalue weighted by molar-refractivity contribution is -0.274. The zero-order valence-corrected chi connectivity index (χ0v) is 17.7. The van der Waals surface area contributed by atoms with Crippen LogP contribution in [-0.4, -0.2) is 68.8 Å². The molecule has 0 spiro atoms. The van der Waals surface area contributed by atoms with Crippen molar-refractivity contribution in [2.45, 2.75) is 45.3 Å². The van der Waals surface area contributed by atoms with Crippen LogP contribution < -0.4 is 15.7 Å². The first-order chi connectivity index (χ1) is 14.1. The molecule has 0 saturated carbocycles. The van der Waals surface area contributed by atoms with Gasteiger partial charge >= 0.3 is 32.5 Å². The van der Waals surface area contributed by atoms with Crippen molar-refractivity contribution in [3.8, 4) is 5.75 Å². The Bertz CT molecular complexity index is 842. The van der Waals surface area contributed by atoms with E-state index >= 15 is 0 Å². The lowest BCUT2D eigenvalue weighted by Crippen LogP contribution is -2.49. The molecule has 2 heterocycles. The van der Waals surface area contributed by atoms with Crippen molar-refractivity contribution in [1.29, 1.82) is 0 Å². The molecule has 1 aromatic rings. The van der Waals surface area contributed by atoms with E-state index in [1.807, 2.05) is 0 Å². The molecule has 0 amide bonds. The number of hydrogen-bond acceptors (Lipinski definition) is 8. The molecule has 0 aliphatic carbocycles. The van der Waals surface area contributed by atoms with Crippen molar-refractivity contribution in [1.82, 2.24) is 4.90 Å². The van der Waals surface area contributed by atoms with Gasteiger partial charge in [-0.25, -0.2) is 0 Å². The Kier molecular flexibility index (Phi) is 6.07. The number of nitrogens with zero attached hydrogens (tertiary/aromatic N) is 1. The minimum absolute atomic E-state index is 0.0299. The van der Waals surface area contributed by atoms with E-state index in [4.69, 9.17) is 18.6 Å². The number of halogens is 3. The number of rotatable bonds is 3. The van der Waals surface area contributed by atoms with Crippen LogP contribution in [0.5, 0.6) is 5.75 Å². The van der Waals surface area contributed by atoms with Crippen molar-refractivity contribution >= 4 is 37.1 Å². The highest BCUT2D eigenvalue weighted by Gasteiger charge is 2.52. The molecule has 2 saturated heterocycles. The van der Waals surface area contributed by atoms with Crippen molar-refractivity contribution in [2.75, 3.05) is 20.1 Å². The SMILES string of the molecule is CN1CC(=O)OB(c2cc(OC(F)(F)F)cc(B3OC(C)(C)C(C)(C)O3)c2)OC(=O)C1. The van der Waals surface area contributed by atoms with Gasteiger partial charge in [-0.3, -0.25) is 14.5 Å². The molecule has 8 nitrogen and oxygen atoms in total. The van der Waals surface area contributed by atoms with Crippen LogP contribution >= 0.6 is 0 Å². The van der Waals surface area contributed by atoms with E-state index in [1.54, 1.807) is 27.7 Å². The molecule has 0 aromatic heterocycles. The summed E-state index contributed by atoms with van der Waals surface area (Å²) in [5.41, 5.74) is -1.34. The molecule has 2 aliphatic rings. The molecule has 31 heavy (non-hydrogen) atoms. The minimum atomic E-state index is -4.97. The molecular formula is C18H22B2F3NO7. The Labute approximate surface area is 178 Å². The number of benzene rings is 1. The summed E-state index contributed by atoms with van der Waals surface area (Å²) in [6.07, 6.45) is -4.97. The molecule has 168 valence electrons. The van der Waals surface area contributed by atoms with Gasteiger partial charge in [0.1, 0.15) is 5.75 Å². The number of hydrogen-bond donors (Lipinski definition) is 0. The van der Waals surface area contributed by atoms with Gasteiger partial charge < -0.3 is 23.4 Å². The first-order valence-electron chi connectivity index (χ1n) is 9.49. The monoisotopic (exact) mass is 443 g/mol. The smallest absolute Gasteiger partial charge is 0.494 e. The molecule has 0 bridgehead atoms. The average molecular weight is 443 g/mol. The largest absolute Gasteiger partial charge is 0.636 e. The van der Waals surface area contributed by atoms with Crippen LogP contribution in [-0.2, 0) is 28.2 Å². The van der Waals surface area contributed by atoms with Gasteiger partial charge in [0, 0.05) is 5.46 Å². The maximum absolute atomic E-state index is 12.9. The number of carbonyl (C=O) groups excluding carboxylic acids is 2. The summed E-state index contributed by atoms with van der Waals surface area (Å²) in [7, 11) is -1.05. The lowest BCUT2D eigenvalue weighted by atomic mass is 9.71. The van der Waals surface area contributed by atoms with E-state index in [0.29, 0.717) is 0 Å². The van der Waals surface area contributed by atoms with Crippen molar-refractivity contribution in [3.05, 3.63) is 18.2 Å². The van der Waals surface area contributed by atoms with E-state index in [1.165, 1.54) is 18.0 Å².